The van der Waals surface area contributed by atoms with E-state index in [2.05, 4.69) is 64.1 Å². The fraction of sp³-hybridized carbons (Fsp3) is 0.400. The van der Waals surface area contributed by atoms with Gasteiger partial charge >= 0.3 is 0 Å². The molecule has 0 fully saturated rings. The van der Waals surface area contributed by atoms with Gasteiger partial charge in [0.15, 0.2) is 0 Å². The van der Waals surface area contributed by atoms with E-state index in [0.717, 1.165) is 11.5 Å². The third kappa shape index (κ3) is 4.26. The highest BCUT2D eigenvalue weighted by Crippen LogP contribution is 2.28. The van der Waals surface area contributed by atoms with Gasteiger partial charge in [0, 0.05) is 10.6 Å². The number of methoxy groups -OCH3 is 2. The number of hydrogen-bond acceptors (Lipinski definition) is 2. The second-order valence-electron chi connectivity index (χ2n) is 6.35. The largest absolute Gasteiger partial charge is 0.496 e. The van der Waals surface area contributed by atoms with E-state index in [0.29, 0.717) is 20.4 Å². The second kappa shape index (κ2) is 7.84. The van der Waals surface area contributed by atoms with Gasteiger partial charge in [-0.2, -0.15) is 0 Å². The zero-order chi connectivity index (χ0) is 17.0. The van der Waals surface area contributed by atoms with Crippen LogP contribution in [0.1, 0.15) is 50.7 Å². The highest BCUT2D eigenvalue weighted by molar-refractivity contribution is 7.56. The number of rotatable bonds is 6. The third-order valence-corrected chi connectivity index (χ3v) is 5.42. The van der Waals surface area contributed by atoms with Crippen molar-refractivity contribution >= 4 is 19.2 Å². The maximum absolute atomic E-state index is 5.61. The van der Waals surface area contributed by atoms with Crippen LogP contribution < -0.4 is 20.1 Å². The van der Waals surface area contributed by atoms with Crippen LogP contribution in [0.3, 0.4) is 0 Å². The van der Waals surface area contributed by atoms with Gasteiger partial charge in [0.2, 0.25) is 0 Å². The molecule has 0 aliphatic rings. The Morgan fingerprint density at radius 1 is 0.696 bits per heavy atom. The maximum atomic E-state index is 5.61. The Balaban J connectivity index is 2.35. The highest BCUT2D eigenvalue weighted by Gasteiger charge is 2.12. The van der Waals surface area contributed by atoms with Crippen molar-refractivity contribution in [1.82, 2.24) is 0 Å². The molecule has 0 unspecified atom stereocenters. The number of ether oxygens (including phenoxy) is 2. The van der Waals surface area contributed by atoms with Crippen LogP contribution in [0, 0.1) is 0 Å². The monoisotopic (exact) mass is 330 g/mol. The van der Waals surface area contributed by atoms with Crippen molar-refractivity contribution in [2.75, 3.05) is 14.2 Å². The SMILES string of the molecule is COc1cc(C(C)C)ccc1Pc1ccc(C(C)C)cc1OC. The molecule has 0 N–H and O–H groups in total. The summed E-state index contributed by atoms with van der Waals surface area (Å²) in [5.41, 5.74) is 2.61. The van der Waals surface area contributed by atoms with E-state index in [-0.39, 0.29) is 0 Å². The molecule has 2 aromatic rings. The zero-order valence-electron chi connectivity index (χ0n) is 14.9. The first-order valence-electron chi connectivity index (χ1n) is 8.09. The molecule has 0 aliphatic carbocycles. The van der Waals surface area contributed by atoms with Gasteiger partial charge in [-0.25, -0.2) is 0 Å². The lowest BCUT2D eigenvalue weighted by Gasteiger charge is -2.15. The molecule has 0 saturated carbocycles. The Labute approximate surface area is 142 Å². The van der Waals surface area contributed by atoms with Crippen molar-refractivity contribution < 1.29 is 9.47 Å². The summed E-state index contributed by atoms with van der Waals surface area (Å²) in [5.74, 6) is 2.93. The predicted molar refractivity (Wildman–Crippen MR) is 102 cm³/mol. The molecular weight excluding hydrogens is 303 g/mol. The molecule has 2 nitrogen and oxygen atoms in total. The molecule has 0 bridgehead atoms. The molecule has 0 saturated heterocycles. The lowest BCUT2D eigenvalue weighted by molar-refractivity contribution is 0.417. The Morgan fingerprint density at radius 3 is 1.39 bits per heavy atom. The maximum Gasteiger partial charge on any atom is 0.126 e. The van der Waals surface area contributed by atoms with E-state index in [4.69, 9.17) is 9.47 Å². The molecule has 124 valence electrons. The van der Waals surface area contributed by atoms with Gasteiger partial charge in [-0.15, -0.1) is 0 Å². The summed E-state index contributed by atoms with van der Waals surface area (Å²) in [6.07, 6.45) is 0. The summed E-state index contributed by atoms with van der Waals surface area (Å²) in [5, 5.41) is 2.43. The molecule has 0 heterocycles. The van der Waals surface area contributed by atoms with Gasteiger partial charge in [0.05, 0.1) is 14.2 Å². The Morgan fingerprint density at radius 2 is 1.09 bits per heavy atom. The second-order valence-corrected chi connectivity index (χ2v) is 7.68. The van der Waals surface area contributed by atoms with E-state index in [1.165, 1.54) is 21.7 Å². The lowest BCUT2D eigenvalue weighted by Crippen LogP contribution is -2.10. The average molecular weight is 330 g/mol. The molecule has 2 aromatic carbocycles. The summed E-state index contributed by atoms with van der Waals surface area (Å²) >= 11 is 0. The van der Waals surface area contributed by atoms with Crippen LogP contribution in [0.25, 0.3) is 0 Å². The van der Waals surface area contributed by atoms with Crippen LogP contribution in [0.2, 0.25) is 0 Å². The molecule has 2 rings (SSSR count). The molecule has 0 aliphatic heterocycles. The van der Waals surface area contributed by atoms with E-state index < -0.39 is 0 Å². The highest BCUT2D eigenvalue weighted by atomic mass is 31.1. The van der Waals surface area contributed by atoms with Gasteiger partial charge in [0.1, 0.15) is 11.5 Å². The van der Waals surface area contributed by atoms with E-state index >= 15 is 0 Å². The van der Waals surface area contributed by atoms with Gasteiger partial charge in [-0.05, 0) is 35.1 Å². The molecule has 0 radical (unpaired) electrons. The van der Waals surface area contributed by atoms with Crippen LogP contribution in [-0.4, -0.2) is 14.2 Å². The first-order valence-corrected chi connectivity index (χ1v) is 9.09. The molecule has 0 atom stereocenters. The number of benzene rings is 2. The van der Waals surface area contributed by atoms with Crippen molar-refractivity contribution in [3.63, 3.8) is 0 Å². The fourth-order valence-electron chi connectivity index (χ4n) is 2.49. The topological polar surface area (TPSA) is 18.5 Å². The molecular formula is C20H27O2P. The van der Waals surface area contributed by atoms with Gasteiger partial charge in [-0.3, -0.25) is 0 Å². The Hall–Kier alpha value is -1.53. The smallest absolute Gasteiger partial charge is 0.126 e. The average Bonchev–Trinajstić information content (AvgIpc) is 2.55. The fourth-order valence-corrected chi connectivity index (χ4v) is 3.70. The van der Waals surface area contributed by atoms with Crippen LogP contribution in [0.5, 0.6) is 11.5 Å². The van der Waals surface area contributed by atoms with Gasteiger partial charge in [-0.1, -0.05) is 60.5 Å². The summed E-state index contributed by atoms with van der Waals surface area (Å²) in [6.45, 7) is 8.80. The molecule has 0 amide bonds. The van der Waals surface area contributed by atoms with Gasteiger partial charge < -0.3 is 9.47 Å². The summed E-state index contributed by atoms with van der Waals surface area (Å²) in [6, 6.07) is 13.1. The minimum Gasteiger partial charge on any atom is -0.496 e. The van der Waals surface area contributed by atoms with Crippen LogP contribution in [-0.2, 0) is 0 Å². The molecule has 0 aromatic heterocycles. The van der Waals surface area contributed by atoms with Crippen molar-refractivity contribution in [2.24, 2.45) is 0 Å². The number of hydrogen-bond donors (Lipinski definition) is 0. The van der Waals surface area contributed by atoms with E-state index in [1.54, 1.807) is 14.2 Å². The molecule has 0 spiro atoms. The van der Waals surface area contributed by atoms with Crippen molar-refractivity contribution in [3.05, 3.63) is 47.5 Å². The summed E-state index contributed by atoms with van der Waals surface area (Å²) < 4.78 is 11.2. The predicted octanol–water partition coefficient (Wildman–Crippen LogP) is 4.58. The van der Waals surface area contributed by atoms with E-state index in [9.17, 15) is 0 Å². The summed E-state index contributed by atoms with van der Waals surface area (Å²) in [7, 11) is 4.00. The summed E-state index contributed by atoms with van der Waals surface area (Å²) in [4.78, 5) is 0. The Kier molecular flexibility index (Phi) is 6.07. The van der Waals surface area contributed by atoms with Crippen LogP contribution in [0.15, 0.2) is 36.4 Å². The van der Waals surface area contributed by atoms with Crippen LogP contribution >= 0.6 is 8.58 Å². The molecule has 3 heteroatoms. The van der Waals surface area contributed by atoms with Crippen LogP contribution in [0.4, 0.5) is 0 Å². The third-order valence-electron chi connectivity index (χ3n) is 4.05. The van der Waals surface area contributed by atoms with Gasteiger partial charge in [0.25, 0.3) is 0 Å². The first kappa shape index (κ1) is 17.8. The zero-order valence-corrected chi connectivity index (χ0v) is 15.9. The standard InChI is InChI=1S/C20H27O2P/c1-13(2)15-7-9-19(17(11-15)21-5)23-20-10-8-16(14(3)4)12-18(20)22-6/h7-14,23H,1-6H3. The lowest BCUT2D eigenvalue weighted by atomic mass is 10.0. The van der Waals surface area contributed by atoms with E-state index in [1.807, 2.05) is 0 Å². The van der Waals surface area contributed by atoms with Crippen molar-refractivity contribution in [2.45, 2.75) is 39.5 Å². The quantitative estimate of drug-likeness (QED) is 0.722. The van der Waals surface area contributed by atoms with Crippen molar-refractivity contribution in [3.8, 4) is 11.5 Å². The minimum atomic E-state index is 0.501. The Bertz CT molecular complexity index is 605. The first-order chi connectivity index (χ1) is 11.0. The minimum absolute atomic E-state index is 0.501. The van der Waals surface area contributed by atoms with Crippen molar-refractivity contribution in [1.29, 1.82) is 0 Å². The molecule has 23 heavy (non-hydrogen) atoms. The normalized spacial score (nSPS) is 11.1.